The molecule has 0 saturated carbocycles. The monoisotopic (exact) mass is 232 g/mol. The van der Waals surface area contributed by atoms with Crippen LogP contribution in [0.4, 0.5) is 10.5 Å². The van der Waals surface area contributed by atoms with Gasteiger partial charge in [0.1, 0.15) is 5.76 Å². The molecular formula is C12H12N2O3. The fraction of sp³-hybridized carbons (Fsp3) is 0.167. The van der Waals surface area contributed by atoms with Crippen molar-refractivity contribution in [2.24, 2.45) is 0 Å². The van der Waals surface area contributed by atoms with Crippen molar-refractivity contribution >= 4 is 11.8 Å². The minimum atomic E-state index is -1.08. The molecule has 0 aliphatic heterocycles. The van der Waals surface area contributed by atoms with E-state index in [2.05, 4.69) is 10.5 Å². The normalized spacial score (nSPS) is 10.2. The Bertz CT molecular complexity index is 541. The first-order valence-electron chi connectivity index (χ1n) is 5.11. The summed E-state index contributed by atoms with van der Waals surface area (Å²) in [5.74, 6) is 0.718. The molecule has 5 nitrogen and oxygen atoms in total. The second-order valence-electron chi connectivity index (χ2n) is 3.71. The molecule has 88 valence electrons. The number of nitrogens with zero attached hydrogens (tertiary/aromatic N) is 1. The van der Waals surface area contributed by atoms with Crippen molar-refractivity contribution in [3.63, 3.8) is 0 Å². The number of carboxylic acid groups (broad SMARTS) is 1. The van der Waals surface area contributed by atoms with Gasteiger partial charge in [-0.1, -0.05) is 17.3 Å². The molecule has 0 bridgehead atoms. The van der Waals surface area contributed by atoms with Gasteiger partial charge >= 0.3 is 6.09 Å². The summed E-state index contributed by atoms with van der Waals surface area (Å²) < 4.78 is 5.08. The average Bonchev–Trinajstić information content (AvgIpc) is 2.58. The molecule has 2 N–H and O–H groups in total. The number of aromatic nitrogens is 1. The number of aryl methyl sites for hydroxylation is 2. The lowest BCUT2D eigenvalue weighted by atomic mass is 10.0. The Kier molecular flexibility index (Phi) is 2.82. The molecule has 1 aromatic heterocycles. The highest BCUT2D eigenvalue weighted by Crippen LogP contribution is 2.28. The van der Waals surface area contributed by atoms with E-state index in [0.717, 1.165) is 22.6 Å². The number of nitrogens with one attached hydrogen (secondary N) is 1. The van der Waals surface area contributed by atoms with Gasteiger partial charge in [-0.25, -0.2) is 4.79 Å². The molecule has 5 heteroatoms. The van der Waals surface area contributed by atoms with Crippen LogP contribution in [0, 0.1) is 13.8 Å². The molecule has 2 rings (SSSR count). The molecule has 0 atom stereocenters. The molecule has 0 radical (unpaired) electrons. The summed E-state index contributed by atoms with van der Waals surface area (Å²) in [5.41, 5.74) is 3.09. The van der Waals surface area contributed by atoms with E-state index in [1.165, 1.54) is 0 Å². The second kappa shape index (κ2) is 4.29. The van der Waals surface area contributed by atoms with Gasteiger partial charge in [-0.15, -0.1) is 0 Å². The van der Waals surface area contributed by atoms with Gasteiger partial charge in [0.25, 0.3) is 0 Å². The SMILES string of the molecule is Cc1noc(C)c1-c1cccc(NC(=O)O)c1. The number of carbonyl (C=O) groups is 1. The molecule has 0 aliphatic rings. The lowest BCUT2D eigenvalue weighted by Crippen LogP contribution is -2.06. The van der Waals surface area contributed by atoms with Gasteiger partial charge in [0.15, 0.2) is 0 Å². The van der Waals surface area contributed by atoms with Crippen molar-refractivity contribution in [2.45, 2.75) is 13.8 Å². The van der Waals surface area contributed by atoms with Crippen LogP contribution in [-0.4, -0.2) is 16.4 Å². The van der Waals surface area contributed by atoms with Crippen LogP contribution in [0.15, 0.2) is 28.8 Å². The van der Waals surface area contributed by atoms with Crippen molar-refractivity contribution in [1.82, 2.24) is 5.16 Å². The van der Waals surface area contributed by atoms with Gasteiger partial charge in [-0.2, -0.15) is 0 Å². The molecule has 0 spiro atoms. The predicted molar refractivity (Wildman–Crippen MR) is 63.1 cm³/mol. The first-order valence-corrected chi connectivity index (χ1v) is 5.11. The lowest BCUT2D eigenvalue weighted by Gasteiger charge is -2.04. The van der Waals surface area contributed by atoms with Crippen LogP contribution in [0.2, 0.25) is 0 Å². The Balaban J connectivity index is 2.43. The zero-order valence-electron chi connectivity index (χ0n) is 9.52. The summed E-state index contributed by atoms with van der Waals surface area (Å²) in [5, 5.41) is 14.8. The smallest absolute Gasteiger partial charge is 0.409 e. The summed E-state index contributed by atoms with van der Waals surface area (Å²) in [6.07, 6.45) is -1.08. The van der Waals surface area contributed by atoms with Crippen LogP contribution in [0.3, 0.4) is 0 Å². The summed E-state index contributed by atoms with van der Waals surface area (Å²) in [7, 11) is 0. The summed E-state index contributed by atoms with van der Waals surface area (Å²) in [6.45, 7) is 3.68. The van der Waals surface area contributed by atoms with E-state index in [1.807, 2.05) is 19.9 Å². The predicted octanol–water partition coefficient (Wildman–Crippen LogP) is 3.05. The molecule has 0 unspecified atom stereocenters. The van der Waals surface area contributed by atoms with Gasteiger partial charge in [-0.3, -0.25) is 5.32 Å². The highest BCUT2D eigenvalue weighted by Gasteiger charge is 2.11. The van der Waals surface area contributed by atoms with Crippen molar-refractivity contribution < 1.29 is 14.4 Å². The minimum absolute atomic E-state index is 0.523. The fourth-order valence-electron chi connectivity index (χ4n) is 1.77. The molecule has 1 aromatic carbocycles. The summed E-state index contributed by atoms with van der Waals surface area (Å²) in [6, 6.07) is 7.11. The van der Waals surface area contributed by atoms with Crippen LogP contribution in [0.25, 0.3) is 11.1 Å². The Labute approximate surface area is 98.1 Å². The quantitative estimate of drug-likeness (QED) is 0.834. The Morgan fingerprint density at radius 1 is 1.41 bits per heavy atom. The van der Waals surface area contributed by atoms with Crippen molar-refractivity contribution in [3.8, 4) is 11.1 Å². The maximum atomic E-state index is 10.6. The third kappa shape index (κ3) is 2.28. The topological polar surface area (TPSA) is 75.4 Å². The Morgan fingerprint density at radius 3 is 2.76 bits per heavy atom. The molecule has 1 amide bonds. The standard InChI is InChI=1S/C12H12N2O3/c1-7-11(8(2)17-14-7)9-4-3-5-10(6-9)13-12(15)16/h3-6,13H,1-2H3,(H,15,16). The van der Waals surface area contributed by atoms with E-state index in [-0.39, 0.29) is 0 Å². The van der Waals surface area contributed by atoms with Gasteiger partial charge in [0.05, 0.1) is 5.69 Å². The summed E-state index contributed by atoms with van der Waals surface area (Å²) in [4.78, 5) is 10.6. The molecular weight excluding hydrogens is 220 g/mol. The molecule has 17 heavy (non-hydrogen) atoms. The zero-order valence-corrected chi connectivity index (χ0v) is 9.52. The van der Waals surface area contributed by atoms with E-state index >= 15 is 0 Å². The highest BCUT2D eigenvalue weighted by atomic mass is 16.5. The third-order valence-corrected chi connectivity index (χ3v) is 2.44. The number of hydrogen-bond donors (Lipinski definition) is 2. The van der Waals surface area contributed by atoms with Crippen LogP contribution < -0.4 is 5.32 Å². The van der Waals surface area contributed by atoms with Crippen LogP contribution >= 0.6 is 0 Å². The van der Waals surface area contributed by atoms with Crippen molar-refractivity contribution in [1.29, 1.82) is 0 Å². The molecule has 0 saturated heterocycles. The number of rotatable bonds is 2. The summed E-state index contributed by atoms with van der Waals surface area (Å²) >= 11 is 0. The number of anilines is 1. The van der Waals surface area contributed by atoms with E-state index in [0.29, 0.717) is 5.69 Å². The zero-order chi connectivity index (χ0) is 12.4. The fourth-order valence-corrected chi connectivity index (χ4v) is 1.77. The van der Waals surface area contributed by atoms with Crippen LogP contribution in [0.1, 0.15) is 11.5 Å². The maximum Gasteiger partial charge on any atom is 0.409 e. The number of benzene rings is 1. The van der Waals surface area contributed by atoms with E-state index < -0.39 is 6.09 Å². The first kappa shape index (κ1) is 11.2. The number of hydrogen-bond acceptors (Lipinski definition) is 3. The largest absolute Gasteiger partial charge is 0.465 e. The average molecular weight is 232 g/mol. The van der Waals surface area contributed by atoms with Crippen molar-refractivity contribution in [3.05, 3.63) is 35.7 Å². The van der Waals surface area contributed by atoms with Gasteiger partial charge in [0.2, 0.25) is 0 Å². The highest BCUT2D eigenvalue weighted by molar-refractivity contribution is 5.84. The third-order valence-electron chi connectivity index (χ3n) is 2.44. The van der Waals surface area contributed by atoms with E-state index in [1.54, 1.807) is 18.2 Å². The molecule has 1 heterocycles. The molecule has 0 fully saturated rings. The minimum Gasteiger partial charge on any atom is -0.465 e. The Hall–Kier alpha value is -2.30. The van der Waals surface area contributed by atoms with E-state index in [9.17, 15) is 4.79 Å². The van der Waals surface area contributed by atoms with Crippen LogP contribution in [-0.2, 0) is 0 Å². The van der Waals surface area contributed by atoms with Gasteiger partial charge < -0.3 is 9.63 Å². The first-order chi connectivity index (χ1) is 8.08. The molecule has 0 aliphatic carbocycles. The maximum absolute atomic E-state index is 10.6. The van der Waals surface area contributed by atoms with Gasteiger partial charge in [-0.05, 0) is 31.5 Å². The Morgan fingerprint density at radius 2 is 2.18 bits per heavy atom. The number of amides is 1. The van der Waals surface area contributed by atoms with Crippen LogP contribution in [0.5, 0.6) is 0 Å². The van der Waals surface area contributed by atoms with Crippen molar-refractivity contribution in [2.75, 3.05) is 5.32 Å². The second-order valence-corrected chi connectivity index (χ2v) is 3.71. The van der Waals surface area contributed by atoms with Gasteiger partial charge in [0, 0.05) is 11.3 Å². The van der Waals surface area contributed by atoms with E-state index in [4.69, 9.17) is 9.63 Å². The lowest BCUT2D eigenvalue weighted by molar-refractivity contribution is 0.210. The molecule has 2 aromatic rings.